The minimum Gasteiger partial charge on any atom is -0.351 e. The van der Waals surface area contributed by atoms with Crippen LogP contribution in [0.1, 0.15) is 55.1 Å². The van der Waals surface area contributed by atoms with Crippen molar-refractivity contribution in [3.8, 4) is 0 Å². The van der Waals surface area contributed by atoms with Crippen molar-refractivity contribution in [2.24, 2.45) is 0 Å². The summed E-state index contributed by atoms with van der Waals surface area (Å²) in [6, 6.07) is 17.6. The van der Waals surface area contributed by atoms with E-state index in [1.807, 2.05) is 66.1 Å². The number of halogens is 1. The Morgan fingerprint density at radius 3 is 2.59 bits per heavy atom. The Labute approximate surface area is 193 Å². The number of fused-ring (bicyclic) bond motifs is 3. The van der Waals surface area contributed by atoms with Crippen LogP contribution >= 0.6 is 11.6 Å². The molecule has 2 aliphatic rings. The van der Waals surface area contributed by atoms with Crippen molar-refractivity contribution in [1.29, 1.82) is 0 Å². The Bertz CT molecular complexity index is 1180. The molecule has 6 heteroatoms. The number of carbonyl (C=O) groups excluding carboxylic acids is 2. The summed E-state index contributed by atoms with van der Waals surface area (Å²) in [4.78, 5) is 29.2. The van der Waals surface area contributed by atoms with Gasteiger partial charge in [0, 0.05) is 28.5 Å². The van der Waals surface area contributed by atoms with Crippen molar-refractivity contribution in [2.75, 3.05) is 0 Å². The van der Waals surface area contributed by atoms with Gasteiger partial charge in [-0.3, -0.25) is 9.59 Å². The van der Waals surface area contributed by atoms with Crippen molar-refractivity contribution < 1.29 is 9.59 Å². The fraction of sp³-hybridized carbons (Fsp3) is 0.385. The van der Waals surface area contributed by atoms with Crippen LogP contribution in [0.25, 0.3) is 10.9 Å². The zero-order valence-electron chi connectivity index (χ0n) is 18.3. The summed E-state index contributed by atoms with van der Waals surface area (Å²) in [6.07, 6.45) is 5.49. The quantitative estimate of drug-likeness (QED) is 0.598. The average molecular weight is 450 g/mol. The fourth-order valence-corrected chi connectivity index (χ4v) is 5.33. The maximum absolute atomic E-state index is 13.8. The number of nitrogens with one attached hydrogen (secondary N) is 1. The van der Waals surface area contributed by atoms with Crippen LogP contribution in [0.4, 0.5) is 0 Å². The van der Waals surface area contributed by atoms with Gasteiger partial charge in [0.05, 0.1) is 6.54 Å². The Morgan fingerprint density at radius 1 is 1.09 bits per heavy atom. The lowest BCUT2D eigenvalue weighted by Crippen LogP contribution is -2.64. The highest BCUT2D eigenvalue weighted by molar-refractivity contribution is 6.31. The number of amides is 2. The first-order valence-electron chi connectivity index (χ1n) is 11.4. The second-order valence-corrected chi connectivity index (χ2v) is 9.65. The van der Waals surface area contributed by atoms with Gasteiger partial charge in [0.15, 0.2) is 0 Å². The molecule has 3 aromatic rings. The van der Waals surface area contributed by atoms with E-state index in [0.717, 1.165) is 42.1 Å². The van der Waals surface area contributed by atoms with Crippen LogP contribution in [-0.2, 0) is 17.9 Å². The summed E-state index contributed by atoms with van der Waals surface area (Å²) in [5.41, 5.74) is 1.40. The predicted molar refractivity (Wildman–Crippen MR) is 127 cm³/mol. The molecule has 1 saturated carbocycles. The Morgan fingerprint density at radius 2 is 1.81 bits per heavy atom. The van der Waals surface area contributed by atoms with E-state index in [9.17, 15) is 9.59 Å². The van der Waals surface area contributed by atoms with E-state index >= 15 is 0 Å². The number of nitrogens with zero attached hydrogens (tertiary/aromatic N) is 2. The summed E-state index contributed by atoms with van der Waals surface area (Å²) < 4.78 is 2.00. The van der Waals surface area contributed by atoms with Crippen molar-refractivity contribution >= 4 is 34.3 Å². The molecule has 5 nitrogen and oxygen atoms in total. The molecule has 2 aromatic carbocycles. The monoisotopic (exact) mass is 449 g/mol. The zero-order valence-corrected chi connectivity index (χ0v) is 19.1. The van der Waals surface area contributed by atoms with E-state index in [2.05, 4.69) is 5.32 Å². The molecular weight excluding hydrogens is 422 g/mol. The van der Waals surface area contributed by atoms with Gasteiger partial charge in [0.2, 0.25) is 5.91 Å². The van der Waals surface area contributed by atoms with Gasteiger partial charge in [-0.05, 0) is 43.5 Å². The van der Waals surface area contributed by atoms with E-state index in [1.165, 1.54) is 6.42 Å². The molecule has 0 spiro atoms. The molecule has 1 N–H and O–H groups in total. The first-order chi connectivity index (χ1) is 15.5. The standard InChI is InChI=1S/C26H28ClN3O2/c1-26(25(32)28-20-11-3-2-4-12-20)17-29-22-14-8-6-9-18(22)15-23(29)24(31)30(26)16-19-10-5-7-13-21(19)27/h5-10,13-15,20H,2-4,11-12,16-17H2,1H3,(H,28,32)/t26-/m0/s1. The van der Waals surface area contributed by atoms with Crippen LogP contribution in [0.2, 0.25) is 5.02 Å². The SMILES string of the molecule is C[C@@]1(C(=O)NC2CCCCC2)Cn2c(cc3ccccc32)C(=O)N1Cc1ccccc1Cl. The number of aromatic nitrogens is 1. The molecule has 1 atom stereocenters. The van der Waals surface area contributed by atoms with Gasteiger partial charge >= 0.3 is 0 Å². The number of carbonyl (C=O) groups is 2. The van der Waals surface area contributed by atoms with Gasteiger partial charge in [-0.15, -0.1) is 0 Å². The zero-order chi connectivity index (χ0) is 22.3. The third-order valence-electron chi connectivity index (χ3n) is 7.05. The first kappa shape index (κ1) is 21.1. The second kappa shape index (κ2) is 8.28. The van der Waals surface area contributed by atoms with E-state index in [0.29, 0.717) is 17.3 Å². The molecule has 0 saturated heterocycles. The van der Waals surface area contributed by atoms with Gasteiger partial charge in [-0.1, -0.05) is 67.3 Å². The molecule has 32 heavy (non-hydrogen) atoms. The van der Waals surface area contributed by atoms with Gasteiger partial charge < -0.3 is 14.8 Å². The topological polar surface area (TPSA) is 54.3 Å². The molecule has 2 heterocycles. The lowest BCUT2D eigenvalue weighted by atomic mass is 9.91. The van der Waals surface area contributed by atoms with E-state index < -0.39 is 5.54 Å². The molecule has 0 bridgehead atoms. The number of hydrogen-bond acceptors (Lipinski definition) is 2. The highest BCUT2D eigenvalue weighted by atomic mass is 35.5. The highest BCUT2D eigenvalue weighted by Crippen LogP contribution is 2.34. The van der Waals surface area contributed by atoms with E-state index in [-0.39, 0.29) is 24.4 Å². The first-order valence-corrected chi connectivity index (χ1v) is 11.8. The Kier molecular flexibility index (Phi) is 5.46. The second-order valence-electron chi connectivity index (χ2n) is 9.24. The summed E-state index contributed by atoms with van der Waals surface area (Å²) in [5.74, 6) is -0.234. The van der Waals surface area contributed by atoms with Crippen molar-refractivity contribution in [1.82, 2.24) is 14.8 Å². The summed E-state index contributed by atoms with van der Waals surface area (Å²) in [7, 11) is 0. The molecule has 1 fully saturated rings. The summed E-state index contributed by atoms with van der Waals surface area (Å²) >= 11 is 6.44. The number of benzene rings is 2. The van der Waals surface area contributed by atoms with Gasteiger partial charge in [0.1, 0.15) is 11.2 Å². The van der Waals surface area contributed by atoms with Crippen molar-refractivity contribution in [2.45, 2.75) is 63.7 Å². The molecule has 1 aliphatic carbocycles. The van der Waals surface area contributed by atoms with Crippen LogP contribution in [0.3, 0.4) is 0 Å². The minimum atomic E-state index is -1.03. The van der Waals surface area contributed by atoms with E-state index in [4.69, 9.17) is 11.6 Å². The average Bonchev–Trinajstić information content (AvgIpc) is 3.17. The van der Waals surface area contributed by atoms with Crippen molar-refractivity contribution in [3.05, 3.63) is 70.9 Å². The maximum Gasteiger partial charge on any atom is 0.271 e. The summed E-state index contributed by atoms with van der Waals surface area (Å²) in [5, 5.41) is 4.88. The van der Waals surface area contributed by atoms with Gasteiger partial charge in [0.25, 0.3) is 5.91 Å². The third kappa shape index (κ3) is 3.58. The molecule has 0 unspecified atom stereocenters. The summed E-state index contributed by atoms with van der Waals surface area (Å²) in [6.45, 7) is 2.58. The van der Waals surface area contributed by atoms with E-state index in [1.54, 1.807) is 4.90 Å². The molecule has 166 valence electrons. The van der Waals surface area contributed by atoms with Crippen LogP contribution in [0.5, 0.6) is 0 Å². The third-order valence-corrected chi connectivity index (χ3v) is 7.42. The van der Waals surface area contributed by atoms with Gasteiger partial charge in [-0.2, -0.15) is 0 Å². The largest absolute Gasteiger partial charge is 0.351 e. The van der Waals surface area contributed by atoms with Crippen LogP contribution in [-0.4, -0.2) is 32.9 Å². The molecule has 5 rings (SSSR count). The van der Waals surface area contributed by atoms with Gasteiger partial charge in [-0.25, -0.2) is 0 Å². The van der Waals surface area contributed by atoms with Crippen LogP contribution in [0.15, 0.2) is 54.6 Å². The van der Waals surface area contributed by atoms with Crippen LogP contribution < -0.4 is 5.32 Å². The lowest BCUT2D eigenvalue weighted by Gasteiger charge is -2.45. The molecule has 1 aromatic heterocycles. The number of rotatable bonds is 4. The maximum atomic E-state index is 13.8. The Balaban J connectivity index is 1.56. The lowest BCUT2D eigenvalue weighted by molar-refractivity contribution is -0.134. The molecule has 0 radical (unpaired) electrons. The number of hydrogen-bond donors (Lipinski definition) is 1. The fourth-order valence-electron chi connectivity index (χ4n) is 5.14. The Hall–Kier alpha value is -2.79. The smallest absolute Gasteiger partial charge is 0.271 e. The predicted octanol–water partition coefficient (Wildman–Crippen LogP) is 5.16. The number of para-hydroxylation sites is 1. The molecule has 2 amide bonds. The minimum absolute atomic E-state index is 0.0896. The molecular formula is C26H28ClN3O2. The molecule has 1 aliphatic heterocycles. The highest BCUT2D eigenvalue weighted by Gasteiger charge is 2.48. The normalized spacial score (nSPS) is 21.6. The van der Waals surface area contributed by atoms with Crippen LogP contribution in [0, 0.1) is 0 Å². The van der Waals surface area contributed by atoms with Crippen molar-refractivity contribution in [3.63, 3.8) is 0 Å².